The van der Waals surface area contributed by atoms with Crippen LogP contribution in [0.25, 0.3) is 21.7 Å². The molecule has 3 aromatic rings. The second-order valence-electron chi connectivity index (χ2n) is 8.29. The van der Waals surface area contributed by atoms with Crippen molar-refractivity contribution in [3.8, 4) is 17.1 Å². The maximum Gasteiger partial charge on any atom is 0.222 e. The van der Waals surface area contributed by atoms with E-state index in [1.165, 1.54) is 0 Å². The van der Waals surface area contributed by atoms with Crippen molar-refractivity contribution < 1.29 is 14.6 Å². The number of hydrogen-bond acceptors (Lipinski definition) is 9. The Bertz CT molecular complexity index is 1140. The monoisotopic (exact) mass is 498 g/mol. The number of fused-ring (bicyclic) bond motifs is 1. The van der Waals surface area contributed by atoms with Gasteiger partial charge < -0.3 is 19.6 Å². The van der Waals surface area contributed by atoms with Gasteiger partial charge in [0.2, 0.25) is 5.91 Å². The summed E-state index contributed by atoms with van der Waals surface area (Å²) in [6.45, 7) is 12.7. The number of nitrogens with zero attached hydrogens (tertiary/aromatic N) is 6. The maximum absolute atomic E-state index is 12.0. The summed E-state index contributed by atoms with van der Waals surface area (Å²) in [6.07, 6.45) is 0.558. The van der Waals surface area contributed by atoms with Crippen molar-refractivity contribution in [2.45, 2.75) is 33.7 Å². The van der Waals surface area contributed by atoms with Crippen molar-refractivity contribution in [3.05, 3.63) is 29.3 Å². The van der Waals surface area contributed by atoms with Gasteiger partial charge in [-0.3, -0.25) is 9.69 Å². The third kappa shape index (κ3) is 5.88. The van der Waals surface area contributed by atoms with Crippen LogP contribution in [-0.4, -0.2) is 88.2 Å². The topological polar surface area (TPSA) is 94.9 Å². The number of phenolic OH excluding ortho intramolecular Hbond substituents is 1. The highest BCUT2D eigenvalue weighted by molar-refractivity contribution is 7.19. The predicted molar refractivity (Wildman–Crippen MR) is 139 cm³/mol. The van der Waals surface area contributed by atoms with E-state index in [1.807, 2.05) is 31.7 Å². The predicted octanol–water partition coefficient (Wildman–Crippen LogP) is 3.38. The number of thiazole rings is 1. The summed E-state index contributed by atoms with van der Waals surface area (Å²) in [5.41, 5.74) is 1.45. The molecular formula is C25H34N6O3S. The number of ether oxygens (including phenoxy) is 1. The Morgan fingerprint density at radius 2 is 1.80 bits per heavy atom. The van der Waals surface area contributed by atoms with E-state index < -0.39 is 0 Å². The van der Waals surface area contributed by atoms with Crippen molar-refractivity contribution in [1.29, 1.82) is 0 Å². The van der Waals surface area contributed by atoms with E-state index in [-0.39, 0.29) is 11.7 Å². The van der Waals surface area contributed by atoms with Gasteiger partial charge in [0.15, 0.2) is 17.3 Å². The van der Waals surface area contributed by atoms with E-state index in [2.05, 4.69) is 9.80 Å². The molecule has 0 radical (unpaired) electrons. The zero-order valence-corrected chi connectivity index (χ0v) is 21.6. The average Bonchev–Trinajstić information content (AvgIpc) is 3.32. The number of benzene rings is 1. The maximum atomic E-state index is 12.0. The number of anilines is 1. The van der Waals surface area contributed by atoms with Gasteiger partial charge in [-0.2, -0.15) is 0 Å². The van der Waals surface area contributed by atoms with Crippen LogP contribution in [0.15, 0.2) is 24.3 Å². The molecule has 1 N–H and O–H groups in total. The number of amides is 1. The Balaban J connectivity index is 0.00000141. The summed E-state index contributed by atoms with van der Waals surface area (Å²) in [7, 11) is 0. The first-order chi connectivity index (χ1) is 17.1. The summed E-state index contributed by atoms with van der Waals surface area (Å²) in [5, 5.41) is 10.9. The van der Waals surface area contributed by atoms with Gasteiger partial charge in [-0.15, -0.1) is 11.3 Å². The third-order valence-corrected chi connectivity index (χ3v) is 7.11. The number of carbonyl (C=O) groups is 1. The molecule has 4 heterocycles. The lowest BCUT2D eigenvalue weighted by atomic mass is 10.2. The smallest absolute Gasteiger partial charge is 0.222 e. The lowest BCUT2D eigenvalue weighted by Gasteiger charge is -2.34. The summed E-state index contributed by atoms with van der Waals surface area (Å²) in [6, 6.07) is 7.00. The highest BCUT2D eigenvalue weighted by Crippen LogP contribution is 2.33. The molecule has 2 aromatic heterocycles. The second-order valence-corrected chi connectivity index (χ2v) is 9.38. The largest absolute Gasteiger partial charge is 0.508 e. The molecule has 0 atom stereocenters. The van der Waals surface area contributed by atoms with Crippen molar-refractivity contribution in [1.82, 2.24) is 24.8 Å². The molecule has 0 aliphatic carbocycles. The SMILES string of the molecule is CC.CCC(=O)N1CCN(Cc2nc3nc(-c4cccc(O)c4)nc(N4CCOCC4)c3s2)CC1. The highest BCUT2D eigenvalue weighted by atomic mass is 32.1. The van der Waals surface area contributed by atoms with Gasteiger partial charge in [0.05, 0.1) is 19.8 Å². The van der Waals surface area contributed by atoms with Crippen LogP contribution in [-0.2, 0) is 16.1 Å². The Morgan fingerprint density at radius 1 is 1.06 bits per heavy atom. The zero-order valence-electron chi connectivity index (χ0n) is 20.7. The summed E-state index contributed by atoms with van der Waals surface area (Å²) < 4.78 is 6.52. The highest BCUT2D eigenvalue weighted by Gasteiger charge is 2.24. The molecule has 0 unspecified atom stereocenters. The number of carbonyl (C=O) groups excluding carboxylic acids is 1. The van der Waals surface area contributed by atoms with Crippen LogP contribution in [0.3, 0.4) is 0 Å². The van der Waals surface area contributed by atoms with Crippen LogP contribution in [0.4, 0.5) is 5.82 Å². The molecule has 0 saturated carbocycles. The Kier molecular flexibility index (Phi) is 8.48. The normalized spacial score (nSPS) is 16.8. The van der Waals surface area contributed by atoms with Gasteiger partial charge in [-0.1, -0.05) is 32.9 Å². The molecule has 2 saturated heterocycles. The van der Waals surface area contributed by atoms with E-state index >= 15 is 0 Å². The van der Waals surface area contributed by atoms with Gasteiger partial charge >= 0.3 is 0 Å². The number of phenols is 1. The number of hydrogen-bond donors (Lipinski definition) is 1. The molecule has 188 valence electrons. The molecule has 2 aliphatic rings. The standard InChI is InChI=1S/C23H28N6O3S.C2H6/c1-2-19(31)28-8-6-27(7-9-28)15-18-24-22-20(33-18)23(29-10-12-32-13-11-29)26-21(25-22)16-4-3-5-17(30)14-16;1-2/h3-5,14,30H,2,6-13,15H2,1H3;1-2H3. The molecule has 10 heteroatoms. The average molecular weight is 499 g/mol. The molecule has 9 nitrogen and oxygen atoms in total. The zero-order chi connectivity index (χ0) is 24.8. The first kappa shape index (κ1) is 25.3. The van der Waals surface area contributed by atoms with Crippen LogP contribution in [0.5, 0.6) is 5.75 Å². The van der Waals surface area contributed by atoms with E-state index in [0.717, 1.165) is 66.9 Å². The lowest BCUT2D eigenvalue weighted by molar-refractivity contribution is -0.132. The van der Waals surface area contributed by atoms with E-state index in [0.29, 0.717) is 31.1 Å². The van der Waals surface area contributed by atoms with Gasteiger partial charge in [0, 0.05) is 51.3 Å². The minimum absolute atomic E-state index is 0.184. The fraction of sp³-hybridized carbons (Fsp3) is 0.520. The summed E-state index contributed by atoms with van der Waals surface area (Å²) in [4.78, 5) is 33.0. The number of piperazine rings is 1. The fourth-order valence-electron chi connectivity index (χ4n) is 4.25. The van der Waals surface area contributed by atoms with Gasteiger partial charge in [-0.05, 0) is 12.1 Å². The summed E-state index contributed by atoms with van der Waals surface area (Å²) in [5.74, 6) is 1.84. The van der Waals surface area contributed by atoms with Crippen LogP contribution in [0.2, 0.25) is 0 Å². The first-order valence-electron chi connectivity index (χ1n) is 12.4. The van der Waals surface area contributed by atoms with Crippen molar-refractivity contribution in [2.24, 2.45) is 0 Å². The van der Waals surface area contributed by atoms with Gasteiger partial charge in [0.25, 0.3) is 0 Å². The van der Waals surface area contributed by atoms with Crippen molar-refractivity contribution >= 4 is 33.4 Å². The third-order valence-electron chi connectivity index (χ3n) is 6.08. The van der Waals surface area contributed by atoms with Gasteiger partial charge in [0.1, 0.15) is 15.5 Å². The Morgan fingerprint density at radius 3 is 2.49 bits per heavy atom. The van der Waals surface area contributed by atoms with Crippen LogP contribution >= 0.6 is 11.3 Å². The van der Waals surface area contributed by atoms with Crippen molar-refractivity contribution in [2.75, 3.05) is 57.4 Å². The molecule has 5 rings (SSSR count). The van der Waals surface area contributed by atoms with Crippen LogP contribution < -0.4 is 4.90 Å². The molecule has 0 bridgehead atoms. The number of aromatic hydroxyl groups is 1. The minimum Gasteiger partial charge on any atom is -0.508 e. The van der Waals surface area contributed by atoms with Gasteiger partial charge in [-0.25, -0.2) is 15.0 Å². The quantitative estimate of drug-likeness (QED) is 0.572. The minimum atomic E-state index is 0.184. The number of aromatic nitrogens is 3. The molecule has 35 heavy (non-hydrogen) atoms. The number of rotatable bonds is 5. The van der Waals surface area contributed by atoms with E-state index in [9.17, 15) is 9.90 Å². The molecular weight excluding hydrogens is 464 g/mol. The molecule has 2 fully saturated rings. The Labute approximate surface area is 210 Å². The Hall–Kier alpha value is -2.82. The molecule has 1 amide bonds. The molecule has 2 aliphatic heterocycles. The van der Waals surface area contributed by atoms with Crippen molar-refractivity contribution in [3.63, 3.8) is 0 Å². The lowest BCUT2D eigenvalue weighted by Crippen LogP contribution is -2.48. The second kappa shape index (κ2) is 11.7. The summed E-state index contributed by atoms with van der Waals surface area (Å²) >= 11 is 1.64. The number of morpholine rings is 1. The van der Waals surface area contributed by atoms with Crippen LogP contribution in [0.1, 0.15) is 32.2 Å². The van der Waals surface area contributed by atoms with Crippen LogP contribution in [0, 0.1) is 0 Å². The molecule has 0 spiro atoms. The van der Waals surface area contributed by atoms with E-state index in [4.69, 9.17) is 19.7 Å². The first-order valence-corrected chi connectivity index (χ1v) is 13.2. The fourth-order valence-corrected chi connectivity index (χ4v) is 5.32. The van der Waals surface area contributed by atoms with E-state index in [1.54, 1.807) is 29.5 Å². The molecule has 1 aromatic carbocycles.